The average molecular weight is 788 g/mol. The molecule has 0 N–H and O–H groups in total. The zero-order valence-corrected chi connectivity index (χ0v) is 41.0. The van der Waals surface area contributed by atoms with E-state index in [0.29, 0.717) is 0 Å². The zero-order valence-electron chi connectivity index (χ0n) is 39.0. The third-order valence-electron chi connectivity index (χ3n) is 12.0. The van der Waals surface area contributed by atoms with E-state index < -0.39 is 16.6 Å². The summed E-state index contributed by atoms with van der Waals surface area (Å²) >= 11 is 0. The topological polar surface area (TPSA) is 21.7 Å². The van der Waals surface area contributed by atoms with Gasteiger partial charge in [0.15, 0.2) is 16.6 Å². The summed E-state index contributed by atoms with van der Waals surface area (Å²) in [5.74, 6) is 0. The van der Waals surface area contributed by atoms with Gasteiger partial charge in [-0.3, -0.25) is 0 Å². The lowest BCUT2D eigenvalue weighted by atomic mass is 10.1. The molecule has 0 aliphatic carbocycles. The quantitative estimate of drug-likeness (QED) is 0.0368. The van der Waals surface area contributed by atoms with Crippen LogP contribution in [0, 0.1) is 0 Å². The summed E-state index contributed by atoms with van der Waals surface area (Å²) in [4.78, 5) is 2.56. The third kappa shape index (κ3) is 28.6. The Bertz CT molecular complexity index is 907. The van der Waals surface area contributed by atoms with Crippen LogP contribution in [0.2, 0.25) is 36.3 Å². The molecule has 3 nitrogen and oxygen atoms in total. The highest BCUT2D eigenvalue weighted by Crippen LogP contribution is 2.39. The maximum atomic E-state index is 7.15. The van der Waals surface area contributed by atoms with Gasteiger partial charge in [-0.2, -0.15) is 0 Å². The Morgan fingerprint density at radius 2 is 0.741 bits per heavy atom. The van der Waals surface area contributed by atoms with E-state index >= 15 is 0 Å². The fourth-order valence-electron chi connectivity index (χ4n) is 6.34. The van der Waals surface area contributed by atoms with Crippen molar-refractivity contribution in [2.75, 3.05) is 20.1 Å². The number of unbranched alkanes of at least 4 members (excludes halogenated alkanes) is 14. The van der Waals surface area contributed by atoms with Gasteiger partial charge in [-0.15, -0.1) is 0 Å². The van der Waals surface area contributed by atoms with Crippen LogP contribution in [0.3, 0.4) is 0 Å². The number of nitrogens with zero attached hydrogens (tertiary/aromatic N) is 1. The molecule has 2 atom stereocenters. The first-order valence-electron chi connectivity index (χ1n) is 23.1. The molecular formula is C49H97NO2Si2. The molecule has 0 aromatic carbocycles. The molecule has 2 unspecified atom stereocenters. The number of allylic oxidation sites excluding steroid dienone is 8. The molecule has 0 amide bonds. The number of hydrogen-bond donors (Lipinski definition) is 0. The minimum Gasteiger partial charge on any atom is -0.413 e. The van der Waals surface area contributed by atoms with Crippen LogP contribution < -0.4 is 0 Å². The van der Waals surface area contributed by atoms with Gasteiger partial charge in [0.25, 0.3) is 0 Å². The first-order chi connectivity index (χ1) is 25.5. The molecule has 54 heavy (non-hydrogen) atoms. The van der Waals surface area contributed by atoms with Crippen LogP contribution in [0.4, 0.5) is 0 Å². The predicted octanol–water partition coefficient (Wildman–Crippen LogP) is 16.5. The molecule has 0 aromatic heterocycles. The van der Waals surface area contributed by atoms with Crippen LogP contribution in [0.25, 0.3) is 0 Å². The lowest BCUT2D eigenvalue weighted by molar-refractivity contribution is 0.0822. The van der Waals surface area contributed by atoms with E-state index in [9.17, 15) is 0 Å². The van der Waals surface area contributed by atoms with Gasteiger partial charge in [0, 0.05) is 13.1 Å². The van der Waals surface area contributed by atoms with Crippen LogP contribution in [-0.2, 0) is 8.85 Å². The van der Waals surface area contributed by atoms with E-state index in [2.05, 4.69) is 142 Å². The van der Waals surface area contributed by atoms with Crippen molar-refractivity contribution in [2.45, 2.75) is 245 Å². The molecule has 0 radical (unpaired) electrons. The van der Waals surface area contributed by atoms with Crippen molar-refractivity contribution in [1.82, 2.24) is 4.90 Å². The van der Waals surface area contributed by atoms with Gasteiger partial charge in [0.2, 0.25) is 0 Å². The second-order valence-electron chi connectivity index (χ2n) is 19.6. The number of hydrogen-bond acceptors (Lipinski definition) is 3. The molecule has 0 saturated carbocycles. The Balaban J connectivity index is 5.05. The normalized spacial score (nSPS) is 14.9. The zero-order chi connectivity index (χ0) is 40.8. The summed E-state index contributed by atoms with van der Waals surface area (Å²) in [6.07, 6.45) is 47.2. The predicted molar refractivity (Wildman–Crippen MR) is 251 cm³/mol. The monoisotopic (exact) mass is 788 g/mol. The largest absolute Gasteiger partial charge is 0.413 e. The third-order valence-corrected chi connectivity index (χ3v) is 21.1. The van der Waals surface area contributed by atoms with Crippen molar-refractivity contribution >= 4 is 16.6 Å². The highest BCUT2D eigenvalue weighted by atomic mass is 28.4. The van der Waals surface area contributed by atoms with Crippen molar-refractivity contribution in [3.63, 3.8) is 0 Å². The summed E-state index contributed by atoms with van der Waals surface area (Å²) in [6, 6.07) is 0. The van der Waals surface area contributed by atoms with Gasteiger partial charge in [-0.1, -0.05) is 168 Å². The molecule has 0 heterocycles. The smallest absolute Gasteiger partial charge is 0.192 e. The summed E-state index contributed by atoms with van der Waals surface area (Å²) < 4.78 is 14.3. The number of likely N-dealkylation sites (N-methyl/N-ethyl adjacent to an activating group) is 1. The van der Waals surface area contributed by atoms with Crippen molar-refractivity contribution in [3.8, 4) is 0 Å². The van der Waals surface area contributed by atoms with E-state index in [1.54, 1.807) is 0 Å². The Kier molecular flexibility index (Phi) is 30.9. The maximum absolute atomic E-state index is 7.15. The molecule has 0 saturated heterocycles. The Labute approximate surface area is 342 Å². The lowest BCUT2D eigenvalue weighted by Gasteiger charge is -2.42. The average Bonchev–Trinajstić information content (AvgIpc) is 3.07. The minimum absolute atomic E-state index is 0.218. The highest BCUT2D eigenvalue weighted by molar-refractivity contribution is 6.74. The van der Waals surface area contributed by atoms with Gasteiger partial charge >= 0.3 is 0 Å². The lowest BCUT2D eigenvalue weighted by Crippen LogP contribution is -2.49. The van der Waals surface area contributed by atoms with Crippen molar-refractivity contribution in [3.05, 3.63) is 48.6 Å². The van der Waals surface area contributed by atoms with E-state index in [-0.39, 0.29) is 22.3 Å². The fourth-order valence-corrected chi connectivity index (χ4v) is 9.10. The summed E-state index contributed by atoms with van der Waals surface area (Å²) in [7, 11) is -1.42. The van der Waals surface area contributed by atoms with Gasteiger partial charge in [-0.05, 0) is 120 Å². The minimum atomic E-state index is -1.87. The maximum Gasteiger partial charge on any atom is 0.192 e. The highest BCUT2D eigenvalue weighted by Gasteiger charge is 2.40. The molecule has 0 aromatic rings. The van der Waals surface area contributed by atoms with Gasteiger partial charge in [0.1, 0.15) is 0 Å². The molecule has 0 aliphatic heterocycles. The van der Waals surface area contributed by atoms with Crippen LogP contribution >= 0.6 is 0 Å². The van der Waals surface area contributed by atoms with E-state index in [1.165, 1.54) is 116 Å². The summed E-state index contributed by atoms with van der Waals surface area (Å²) in [6.45, 7) is 30.5. The molecule has 5 heteroatoms. The Hall–Kier alpha value is -0.726. The van der Waals surface area contributed by atoms with Crippen molar-refractivity contribution < 1.29 is 8.85 Å². The Morgan fingerprint density at radius 1 is 0.444 bits per heavy atom. The SMILES string of the molecule is CCCCC/C=C\C/C=C\CCCCCCC(CN(C)CC(CCCCCC/C=C\C/C=C\CCCCC)O[Si](C)(C)C(C)(C)C)O[Si](C)(C)C(C)(C)C. The van der Waals surface area contributed by atoms with Crippen LogP contribution in [0.5, 0.6) is 0 Å². The van der Waals surface area contributed by atoms with Gasteiger partial charge in [-0.25, -0.2) is 0 Å². The number of rotatable bonds is 34. The second-order valence-corrected chi connectivity index (χ2v) is 29.1. The van der Waals surface area contributed by atoms with E-state index in [4.69, 9.17) is 8.85 Å². The molecule has 0 aliphatic rings. The summed E-state index contributed by atoms with van der Waals surface area (Å²) in [5, 5.41) is 0.436. The van der Waals surface area contributed by atoms with Gasteiger partial charge in [0.05, 0.1) is 12.2 Å². The molecule has 0 fully saturated rings. The van der Waals surface area contributed by atoms with Crippen molar-refractivity contribution in [1.29, 1.82) is 0 Å². The molecular weight excluding hydrogens is 691 g/mol. The molecule has 0 rings (SSSR count). The fraction of sp³-hybridized carbons (Fsp3) is 0.837. The molecule has 318 valence electrons. The van der Waals surface area contributed by atoms with Crippen LogP contribution in [-0.4, -0.2) is 53.9 Å². The first-order valence-corrected chi connectivity index (χ1v) is 28.9. The Morgan fingerprint density at radius 3 is 1.04 bits per heavy atom. The van der Waals surface area contributed by atoms with Gasteiger partial charge < -0.3 is 13.8 Å². The summed E-state index contributed by atoms with van der Waals surface area (Å²) in [5.41, 5.74) is 0. The first kappa shape index (κ1) is 53.3. The van der Waals surface area contributed by atoms with Crippen LogP contribution in [0.15, 0.2) is 48.6 Å². The molecule has 0 spiro atoms. The van der Waals surface area contributed by atoms with E-state index in [1.807, 2.05) is 0 Å². The second kappa shape index (κ2) is 31.3. The molecule has 0 bridgehead atoms. The van der Waals surface area contributed by atoms with Crippen LogP contribution in [0.1, 0.15) is 197 Å². The standard InChI is InChI=1S/C49H97NO2Si2/c1-14-16-18-20-22-24-26-28-30-32-34-36-38-40-42-46(51-53(10,11)48(3,4)5)44-50(9)45-47(52-54(12,13)49(6,7)8)43-41-39-37-35-33-31-29-27-25-23-21-19-17-15-2/h22-25,28-31,46-47H,14-21,26-27,32-45H2,1-13H3/b24-22-,25-23-,30-28-,31-29-. The van der Waals surface area contributed by atoms with Crippen molar-refractivity contribution in [2.24, 2.45) is 0 Å². The van der Waals surface area contributed by atoms with E-state index in [0.717, 1.165) is 38.8 Å².